The van der Waals surface area contributed by atoms with Gasteiger partial charge in [0.15, 0.2) is 0 Å². The number of epoxide rings is 1. The molecular weight excluding hydrogens is 406 g/mol. The Morgan fingerprint density at radius 2 is 1.94 bits per heavy atom. The van der Waals surface area contributed by atoms with Crippen LogP contribution in [0, 0.1) is 11.8 Å². The molecule has 0 aromatic rings. The minimum Gasteiger partial charge on any atom is -0.478 e. The lowest BCUT2D eigenvalue weighted by Crippen LogP contribution is -2.36. The van der Waals surface area contributed by atoms with E-state index in [2.05, 4.69) is 19.9 Å². The largest absolute Gasteiger partial charge is 0.478 e. The lowest BCUT2D eigenvalue weighted by atomic mass is 9.80. The predicted octanol–water partition coefficient (Wildman–Crippen LogP) is 1.46. The maximum atomic E-state index is 12.4. The van der Waals surface area contributed by atoms with Crippen LogP contribution in [0.3, 0.4) is 0 Å². The van der Waals surface area contributed by atoms with Crippen LogP contribution in [0.25, 0.3) is 0 Å². The van der Waals surface area contributed by atoms with Crippen LogP contribution in [0.15, 0.2) is 23.8 Å². The van der Waals surface area contributed by atoms with Crippen molar-refractivity contribution in [2.24, 2.45) is 11.8 Å². The predicted molar refractivity (Wildman–Crippen MR) is 111 cm³/mol. The zero-order chi connectivity index (χ0) is 23.2. The Hall–Kier alpha value is -2.23. The number of esters is 1. The first kappa shape index (κ1) is 25.0. The Kier molecular flexibility index (Phi) is 8.79. The first-order valence-electron chi connectivity index (χ1n) is 10.5. The highest BCUT2D eigenvalue weighted by Gasteiger charge is 2.62. The second-order valence-corrected chi connectivity index (χ2v) is 8.65. The molecule has 1 aliphatic carbocycles. The van der Waals surface area contributed by atoms with Crippen LogP contribution in [0.1, 0.15) is 39.5 Å². The molecule has 0 aromatic heterocycles. The zero-order valence-electron chi connectivity index (χ0n) is 18.3. The fourth-order valence-corrected chi connectivity index (χ4v) is 4.29. The Morgan fingerprint density at radius 1 is 1.29 bits per heavy atom. The average molecular weight is 440 g/mol. The number of nitrogens with zero attached hydrogens (tertiary/aromatic N) is 1. The van der Waals surface area contributed by atoms with E-state index >= 15 is 0 Å². The normalized spacial score (nSPS) is 34.0. The van der Waals surface area contributed by atoms with Gasteiger partial charge in [0.2, 0.25) is 0 Å². The van der Waals surface area contributed by atoms with Crippen LogP contribution < -0.4 is 0 Å². The fraction of sp³-hybridized carbons (Fsp3) is 0.682. The molecule has 174 valence electrons. The van der Waals surface area contributed by atoms with Gasteiger partial charge in [-0.1, -0.05) is 11.6 Å². The molecule has 3 aliphatic rings. The summed E-state index contributed by atoms with van der Waals surface area (Å²) in [6, 6.07) is 0. The van der Waals surface area contributed by atoms with E-state index in [-0.39, 0.29) is 42.2 Å². The van der Waals surface area contributed by atoms with Crippen LogP contribution in [-0.2, 0) is 23.9 Å². The molecule has 5 atom stereocenters. The van der Waals surface area contributed by atoms with E-state index in [1.54, 1.807) is 0 Å². The summed E-state index contributed by atoms with van der Waals surface area (Å²) in [4.78, 5) is 33.6. The molecule has 0 spiro atoms. The number of carboxylic acid groups (broad SMARTS) is 2. The summed E-state index contributed by atoms with van der Waals surface area (Å²) in [5.74, 6) is -2.52. The summed E-state index contributed by atoms with van der Waals surface area (Å²) in [5, 5.41) is 24.7. The van der Waals surface area contributed by atoms with E-state index in [1.165, 1.54) is 5.57 Å². The molecular formula is C22H33NO8. The third kappa shape index (κ3) is 7.15. The topological polar surface area (TPSA) is 137 Å². The molecule has 2 fully saturated rings. The van der Waals surface area contributed by atoms with Crippen molar-refractivity contribution in [2.45, 2.75) is 57.3 Å². The number of carbonyl (C=O) groups is 3. The number of ether oxygens (including phenoxy) is 2. The van der Waals surface area contributed by atoms with E-state index in [0.717, 1.165) is 25.7 Å². The number of allylic oxidation sites excluding steroid dienone is 2. The van der Waals surface area contributed by atoms with Crippen LogP contribution in [0.2, 0.25) is 0 Å². The van der Waals surface area contributed by atoms with Gasteiger partial charge in [0.1, 0.15) is 12.2 Å². The number of hydrogen-bond acceptors (Lipinski definition) is 7. The molecule has 3 rings (SSSR count). The van der Waals surface area contributed by atoms with Crippen LogP contribution in [0.5, 0.6) is 0 Å². The Bertz CT molecular complexity index is 717. The van der Waals surface area contributed by atoms with Gasteiger partial charge in [-0.15, -0.1) is 0 Å². The second-order valence-electron chi connectivity index (χ2n) is 8.65. The molecule has 2 saturated heterocycles. The van der Waals surface area contributed by atoms with Gasteiger partial charge in [-0.05, 0) is 46.6 Å². The van der Waals surface area contributed by atoms with Gasteiger partial charge in [-0.2, -0.15) is 0 Å². The standard InChI is InChI=1S/C18H29NO4.C4H4O4/c1-12-5-4-8-18(2)16(23-18)15-13(7-6-12)14(17(21)22-15)11-19(3)9-10-20;5-3(6)1-2-4(7)8/h5,13-16,20H,4,6-11H2,1-3H3;1-2H,(H,5,6)(H,7,8)/b12-5+;2-1+/t13-,14-,15-,16-,18+;/m0./s1. The van der Waals surface area contributed by atoms with Crippen molar-refractivity contribution in [3.8, 4) is 0 Å². The van der Waals surface area contributed by atoms with Gasteiger partial charge in [-0.3, -0.25) is 4.79 Å². The summed E-state index contributed by atoms with van der Waals surface area (Å²) >= 11 is 0. The molecule has 3 N–H and O–H groups in total. The molecule has 9 heteroatoms. The maximum absolute atomic E-state index is 12.4. The molecule has 2 aliphatic heterocycles. The molecule has 2 heterocycles. The molecule has 9 nitrogen and oxygen atoms in total. The lowest BCUT2D eigenvalue weighted by Gasteiger charge is -2.25. The van der Waals surface area contributed by atoms with Gasteiger partial charge in [0, 0.05) is 31.2 Å². The quantitative estimate of drug-likeness (QED) is 0.243. The summed E-state index contributed by atoms with van der Waals surface area (Å²) in [7, 11) is 1.94. The summed E-state index contributed by atoms with van der Waals surface area (Å²) < 4.78 is 11.7. The van der Waals surface area contributed by atoms with Gasteiger partial charge in [-0.25, -0.2) is 9.59 Å². The third-order valence-corrected chi connectivity index (χ3v) is 6.10. The highest BCUT2D eigenvalue weighted by molar-refractivity contribution is 5.89. The van der Waals surface area contributed by atoms with Crippen molar-refractivity contribution < 1.29 is 39.2 Å². The minimum atomic E-state index is -1.26. The van der Waals surface area contributed by atoms with E-state index in [1.807, 2.05) is 11.9 Å². The van der Waals surface area contributed by atoms with Gasteiger partial charge in [0.05, 0.1) is 18.1 Å². The van der Waals surface area contributed by atoms with Gasteiger partial charge < -0.3 is 29.7 Å². The number of aliphatic hydroxyl groups is 1. The average Bonchev–Trinajstić information content (AvgIpc) is 3.25. The van der Waals surface area contributed by atoms with Crippen molar-refractivity contribution in [3.63, 3.8) is 0 Å². The van der Waals surface area contributed by atoms with Crippen molar-refractivity contribution in [3.05, 3.63) is 23.8 Å². The molecule has 0 saturated carbocycles. The molecule has 0 amide bonds. The Labute approximate surface area is 182 Å². The number of aliphatic hydroxyl groups excluding tert-OH is 1. The first-order chi connectivity index (χ1) is 14.6. The number of carbonyl (C=O) groups excluding carboxylic acids is 1. The van der Waals surface area contributed by atoms with Crippen LogP contribution in [-0.4, -0.2) is 82.7 Å². The third-order valence-electron chi connectivity index (χ3n) is 6.10. The van der Waals surface area contributed by atoms with E-state index < -0.39 is 11.9 Å². The molecule has 31 heavy (non-hydrogen) atoms. The number of likely N-dealkylation sites (N-methyl/N-ethyl adjacent to an activating group) is 1. The highest BCUT2D eigenvalue weighted by Crippen LogP contribution is 2.50. The Balaban J connectivity index is 0.000000366. The first-order valence-corrected chi connectivity index (χ1v) is 10.5. The summed E-state index contributed by atoms with van der Waals surface area (Å²) in [5.41, 5.74) is 1.26. The minimum absolute atomic E-state index is 0.0522. The lowest BCUT2D eigenvalue weighted by molar-refractivity contribution is -0.145. The van der Waals surface area contributed by atoms with Crippen LogP contribution in [0.4, 0.5) is 0 Å². The number of carboxylic acids is 2. The van der Waals surface area contributed by atoms with Gasteiger partial charge in [0.25, 0.3) is 0 Å². The zero-order valence-corrected chi connectivity index (χ0v) is 18.3. The van der Waals surface area contributed by atoms with Crippen molar-refractivity contribution in [1.29, 1.82) is 0 Å². The molecule has 0 bridgehead atoms. The van der Waals surface area contributed by atoms with Crippen LogP contribution >= 0.6 is 0 Å². The number of fused-ring (bicyclic) bond motifs is 3. The molecule has 0 radical (unpaired) electrons. The van der Waals surface area contributed by atoms with E-state index in [0.29, 0.717) is 25.2 Å². The number of aliphatic carboxylic acids is 2. The number of rotatable bonds is 6. The summed E-state index contributed by atoms with van der Waals surface area (Å²) in [6.45, 7) is 5.65. The second kappa shape index (κ2) is 10.9. The van der Waals surface area contributed by atoms with E-state index in [4.69, 9.17) is 24.8 Å². The van der Waals surface area contributed by atoms with Gasteiger partial charge >= 0.3 is 17.9 Å². The fourth-order valence-electron chi connectivity index (χ4n) is 4.29. The Morgan fingerprint density at radius 3 is 2.52 bits per heavy atom. The SMILES string of the molecule is C/C1=C\CC[C@@]2(C)O[C@H]2[C@H]2OC(=O)[C@@H](CN(C)CCO)[C@@H]2CC1.O=C(O)/C=C/C(=O)O. The molecule has 0 aromatic carbocycles. The highest BCUT2D eigenvalue weighted by atomic mass is 16.6. The van der Waals surface area contributed by atoms with Crippen molar-refractivity contribution in [1.82, 2.24) is 4.90 Å². The summed E-state index contributed by atoms with van der Waals surface area (Å²) in [6.07, 6.45) is 7.38. The monoisotopic (exact) mass is 439 g/mol. The van der Waals surface area contributed by atoms with Crippen molar-refractivity contribution in [2.75, 3.05) is 26.7 Å². The number of hydrogen-bond donors (Lipinski definition) is 3. The molecule has 0 unspecified atom stereocenters. The maximum Gasteiger partial charge on any atom is 0.328 e. The van der Waals surface area contributed by atoms with Crippen molar-refractivity contribution >= 4 is 17.9 Å². The smallest absolute Gasteiger partial charge is 0.328 e. The van der Waals surface area contributed by atoms with E-state index in [9.17, 15) is 14.4 Å².